The minimum atomic E-state index is -0.211. The van der Waals surface area contributed by atoms with E-state index < -0.39 is 0 Å². The zero-order valence-corrected chi connectivity index (χ0v) is 11.7. The number of hydrogen-bond acceptors (Lipinski definition) is 7. The van der Waals surface area contributed by atoms with Crippen LogP contribution in [-0.2, 0) is 16.1 Å². The molecule has 0 saturated heterocycles. The monoisotopic (exact) mass is 296 g/mol. The molecule has 106 valence electrons. The molecule has 8 nitrogen and oxygen atoms in total. The van der Waals surface area contributed by atoms with Gasteiger partial charge < -0.3 is 4.74 Å². The molecule has 1 N–H and O–H groups in total. The maximum atomic E-state index is 11.7. The standard InChI is InChI=1S/C11H13N5O3S/c1-18-6-5-16-7-10(19-15-16)14-9(17)8-20-11-12-3-2-4-13-11/h2-4,7H,5-6,8H2,1H3/p+1. The molecule has 0 spiro atoms. The number of methoxy groups -OCH3 is 1. The Balaban J connectivity index is 1.78. The predicted molar refractivity (Wildman–Crippen MR) is 70.0 cm³/mol. The highest BCUT2D eigenvalue weighted by Crippen LogP contribution is 2.11. The topological polar surface area (TPSA) is 94.0 Å². The summed E-state index contributed by atoms with van der Waals surface area (Å²) < 4.78 is 11.4. The molecule has 1 amide bonds. The van der Waals surface area contributed by atoms with Crippen LogP contribution in [-0.4, -0.2) is 40.6 Å². The Kier molecular flexibility index (Phi) is 5.44. The summed E-state index contributed by atoms with van der Waals surface area (Å²) >= 11 is 1.25. The molecule has 20 heavy (non-hydrogen) atoms. The normalized spacial score (nSPS) is 10.4. The second-order valence-corrected chi connectivity index (χ2v) is 4.63. The Labute approximate surface area is 119 Å². The van der Waals surface area contributed by atoms with Gasteiger partial charge in [-0.05, 0) is 10.7 Å². The molecule has 2 aromatic rings. The average Bonchev–Trinajstić information content (AvgIpc) is 2.91. The van der Waals surface area contributed by atoms with Gasteiger partial charge in [0.25, 0.3) is 6.20 Å². The van der Waals surface area contributed by atoms with Gasteiger partial charge in [0.05, 0.1) is 5.75 Å². The fourth-order valence-electron chi connectivity index (χ4n) is 1.29. The first-order chi connectivity index (χ1) is 9.78. The number of nitrogens with zero attached hydrogens (tertiary/aromatic N) is 4. The van der Waals surface area contributed by atoms with Gasteiger partial charge in [-0.15, -0.1) is 0 Å². The van der Waals surface area contributed by atoms with E-state index in [1.165, 1.54) is 11.8 Å². The number of aromatic nitrogens is 4. The van der Waals surface area contributed by atoms with Gasteiger partial charge in [-0.1, -0.05) is 11.8 Å². The van der Waals surface area contributed by atoms with Crippen molar-refractivity contribution in [3.63, 3.8) is 0 Å². The van der Waals surface area contributed by atoms with Crippen LogP contribution >= 0.6 is 11.8 Å². The van der Waals surface area contributed by atoms with Crippen LogP contribution in [0.1, 0.15) is 0 Å². The number of carbonyl (C=O) groups excluding carboxylic acids is 1. The van der Waals surface area contributed by atoms with Gasteiger partial charge in [0.1, 0.15) is 6.61 Å². The van der Waals surface area contributed by atoms with E-state index >= 15 is 0 Å². The fourth-order valence-corrected chi connectivity index (χ4v) is 1.89. The minimum absolute atomic E-state index is 0.197. The molecule has 2 rings (SSSR count). The summed E-state index contributed by atoms with van der Waals surface area (Å²) in [5, 5.41) is 6.89. The SMILES string of the molecule is COCC[n+]1cc(NC(=O)CSc2ncccn2)on1. The van der Waals surface area contributed by atoms with E-state index in [0.29, 0.717) is 24.2 Å². The lowest BCUT2D eigenvalue weighted by Gasteiger charge is -1.98. The summed E-state index contributed by atoms with van der Waals surface area (Å²) in [6, 6.07) is 1.72. The minimum Gasteiger partial charge on any atom is -0.378 e. The van der Waals surface area contributed by atoms with Crippen molar-refractivity contribution in [1.82, 2.24) is 15.2 Å². The van der Waals surface area contributed by atoms with Crippen molar-refractivity contribution in [2.24, 2.45) is 0 Å². The molecule has 0 saturated carbocycles. The summed E-state index contributed by atoms with van der Waals surface area (Å²) in [7, 11) is 1.60. The second-order valence-electron chi connectivity index (χ2n) is 3.69. The maximum Gasteiger partial charge on any atom is 0.302 e. The molecule has 0 aliphatic rings. The van der Waals surface area contributed by atoms with Crippen molar-refractivity contribution in [3.05, 3.63) is 24.7 Å². The van der Waals surface area contributed by atoms with Crippen LogP contribution in [0.3, 0.4) is 0 Å². The van der Waals surface area contributed by atoms with Gasteiger partial charge in [0.2, 0.25) is 17.7 Å². The van der Waals surface area contributed by atoms with Crippen LogP contribution in [0.15, 0.2) is 34.3 Å². The van der Waals surface area contributed by atoms with E-state index in [-0.39, 0.29) is 11.7 Å². The van der Waals surface area contributed by atoms with Crippen molar-refractivity contribution in [2.75, 3.05) is 24.8 Å². The predicted octanol–water partition coefficient (Wildman–Crippen LogP) is 0.129. The third-order valence-corrected chi connectivity index (χ3v) is 3.05. The number of thioether (sulfide) groups is 1. The molecule has 0 bridgehead atoms. The van der Waals surface area contributed by atoms with E-state index in [1.807, 2.05) is 0 Å². The van der Waals surface area contributed by atoms with Crippen LogP contribution in [0.2, 0.25) is 0 Å². The van der Waals surface area contributed by atoms with Gasteiger partial charge in [-0.2, -0.15) is 0 Å². The van der Waals surface area contributed by atoms with Crippen molar-refractivity contribution >= 4 is 23.6 Å². The molecular weight excluding hydrogens is 282 g/mol. The van der Waals surface area contributed by atoms with Crippen molar-refractivity contribution < 1.29 is 18.7 Å². The van der Waals surface area contributed by atoms with Crippen LogP contribution < -0.4 is 10.00 Å². The first-order valence-electron chi connectivity index (χ1n) is 5.83. The van der Waals surface area contributed by atoms with Crippen LogP contribution in [0.5, 0.6) is 0 Å². The highest BCUT2D eigenvalue weighted by atomic mass is 32.2. The zero-order chi connectivity index (χ0) is 14.2. The third kappa shape index (κ3) is 4.59. The zero-order valence-electron chi connectivity index (χ0n) is 10.9. The van der Waals surface area contributed by atoms with Gasteiger partial charge in [0, 0.05) is 19.5 Å². The number of rotatable bonds is 7. The molecule has 0 radical (unpaired) electrons. The fraction of sp³-hybridized carbons (Fsp3) is 0.364. The molecule has 0 aromatic carbocycles. The highest BCUT2D eigenvalue weighted by molar-refractivity contribution is 7.99. The lowest BCUT2D eigenvalue weighted by Crippen LogP contribution is -2.36. The van der Waals surface area contributed by atoms with E-state index in [0.717, 1.165) is 0 Å². The third-order valence-electron chi connectivity index (χ3n) is 2.17. The largest absolute Gasteiger partial charge is 0.378 e. The number of hydrogen-bond donors (Lipinski definition) is 1. The molecule has 0 fully saturated rings. The first-order valence-corrected chi connectivity index (χ1v) is 6.81. The molecule has 0 unspecified atom stereocenters. The Bertz CT molecular complexity index is 548. The smallest absolute Gasteiger partial charge is 0.302 e. The van der Waals surface area contributed by atoms with Crippen LogP contribution in [0.4, 0.5) is 5.88 Å². The molecule has 9 heteroatoms. The maximum absolute atomic E-state index is 11.7. The summed E-state index contributed by atoms with van der Waals surface area (Å²) in [6.07, 6.45) is 4.85. The quantitative estimate of drug-likeness (QED) is 0.441. The summed E-state index contributed by atoms with van der Waals surface area (Å²) in [4.78, 5) is 19.7. The number of anilines is 1. The number of nitrogens with one attached hydrogen (secondary N) is 1. The summed E-state index contributed by atoms with van der Waals surface area (Å²) in [6.45, 7) is 1.08. The molecule has 2 heterocycles. The van der Waals surface area contributed by atoms with E-state index in [2.05, 4.69) is 20.6 Å². The summed E-state index contributed by atoms with van der Waals surface area (Å²) in [5.41, 5.74) is 0. The molecule has 0 aliphatic carbocycles. The van der Waals surface area contributed by atoms with Crippen molar-refractivity contribution in [2.45, 2.75) is 11.7 Å². The second kappa shape index (κ2) is 7.56. The highest BCUT2D eigenvalue weighted by Gasteiger charge is 2.14. The van der Waals surface area contributed by atoms with E-state index in [1.54, 1.807) is 36.4 Å². The average molecular weight is 296 g/mol. The molecular formula is C11H14N5O3S+. The van der Waals surface area contributed by atoms with Gasteiger partial charge in [-0.25, -0.2) is 9.97 Å². The number of carbonyl (C=O) groups is 1. The number of amides is 1. The van der Waals surface area contributed by atoms with Crippen molar-refractivity contribution in [1.29, 1.82) is 0 Å². The lowest BCUT2D eigenvalue weighted by atomic mass is 10.6. The summed E-state index contributed by atoms with van der Waals surface area (Å²) in [5.74, 6) is 0.279. The molecule has 2 aromatic heterocycles. The van der Waals surface area contributed by atoms with E-state index in [4.69, 9.17) is 9.26 Å². The van der Waals surface area contributed by atoms with E-state index in [9.17, 15) is 4.79 Å². The Hall–Kier alpha value is -2.00. The molecule has 0 aliphatic heterocycles. The van der Waals surface area contributed by atoms with Gasteiger partial charge >= 0.3 is 5.88 Å². The van der Waals surface area contributed by atoms with Crippen LogP contribution in [0.25, 0.3) is 0 Å². The lowest BCUT2D eigenvalue weighted by molar-refractivity contribution is -0.763. The van der Waals surface area contributed by atoms with Crippen LogP contribution in [0, 0.1) is 0 Å². The first kappa shape index (κ1) is 14.4. The molecule has 0 atom stereocenters. The van der Waals surface area contributed by atoms with Crippen molar-refractivity contribution in [3.8, 4) is 0 Å². The Morgan fingerprint density at radius 1 is 1.50 bits per heavy atom. The number of ether oxygens (including phenoxy) is 1. The van der Waals surface area contributed by atoms with Gasteiger partial charge in [0.15, 0.2) is 5.16 Å². The Morgan fingerprint density at radius 3 is 3.05 bits per heavy atom. The Morgan fingerprint density at radius 2 is 2.30 bits per heavy atom. The van der Waals surface area contributed by atoms with Gasteiger partial charge in [-0.3, -0.25) is 14.6 Å².